The monoisotopic (exact) mass is 339 g/mol. The van der Waals surface area contributed by atoms with Gasteiger partial charge in [0.1, 0.15) is 4.61 Å². The van der Waals surface area contributed by atoms with E-state index in [9.17, 15) is 9.59 Å². The predicted molar refractivity (Wildman–Crippen MR) is 69.3 cm³/mol. The van der Waals surface area contributed by atoms with Gasteiger partial charge in [0.2, 0.25) is 5.91 Å². The van der Waals surface area contributed by atoms with E-state index in [0.29, 0.717) is 4.61 Å². The molecule has 92 valence electrons. The van der Waals surface area contributed by atoms with Crippen LogP contribution in [0.1, 0.15) is 38.5 Å². The first-order valence-corrected chi connectivity index (χ1v) is 7.26. The Balaban J connectivity index is 2.25. The molecule has 1 amide bonds. The number of nitrogens with zero attached hydrogens (tertiary/aromatic N) is 1. The average Bonchev–Trinajstić information content (AvgIpc) is 2.55. The molecular formula is C11H18INO3. The summed E-state index contributed by atoms with van der Waals surface area (Å²) in [7, 11) is 0. The number of amides is 1. The number of alkyl halides is 1. The van der Waals surface area contributed by atoms with E-state index in [1.165, 1.54) is 12.8 Å². The molecule has 0 aliphatic carbocycles. The van der Waals surface area contributed by atoms with Crippen LogP contribution in [0.5, 0.6) is 0 Å². The largest absolute Gasteiger partial charge is 0.455 e. The third kappa shape index (κ3) is 5.14. The Kier molecular flexibility index (Phi) is 6.75. The van der Waals surface area contributed by atoms with Gasteiger partial charge in [0.25, 0.3) is 0 Å². The maximum atomic E-state index is 11.8. The zero-order chi connectivity index (χ0) is 11.8. The molecule has 0 aromatic heterocycles. The van der Waals surface area contributed by atoms with Crippen molar-refractivity contribution in [3.63, 3.8) is 0 Å². The van der Waals surface area contributed by atoms with Gasteiger partial charge in [0.05, 0.1) is 6.42 Å². The minimum atomic E-state index is -0.280. The Bertz CT molecular complexity index is 237. The van der Waals surface area contributed by atoms with E-state index < -0.39 is 0 Å². The van der Waals surface area contributed by atoms with Gasteiger partial charge >= 0.3 is 5.97 Å². The molecule has 0 bridgehead atoms. The van der Waals surface area contributed by atoms with Crippen molar-refractivity contribution in [2.75, 3.05) is 17.7 Å². The molecule has 1 heterocycles. The maximum absolute atomic E-state index is 11.8. The van der Waals surface area contributed by atoms with Crippen LogP contribution in [-0.2, 0) is 14.3 Å². The summed E-state index contributed by atoms with van der Waals surface area (Å²) < 4.78 is 5.14. The van der Waals surface area contributed by atoms with Crippen LogP contribution in [-0.4, -0.2) is 34.5 Å². The second-order valence-electron chi connectivity index (χ2n) is 3.92. The molecule has 5 heteroatoms. The molecule has 4 nitrogen and oxygen atoms in total. The van der Waals surface area contributed by atoms with Gasteiger partial charge in [-0.25, -0.2) is 0 Å². The van der Waals surface area contributed by atoms with Gasteiger partial charge in [-0.3, -0.25) is 9.59 Å². The fourth-order valence-electron chi connectivity index (χ4n) is 1.82. The van der Waals surface area contributed by atoms with Gasteiger partial charge in [-0.15, -0.1) is 0 Å². The van der Waals surface area contributed by atoms with Crippen molar-refractivity contribution >= 4 is 34.5 Å². The standard InChI is InChI=1S/C11H18INO3/c12-9-16-11(15)6-5-10(14)13-7-3-1-2-4-8-13/h1-9H2. The number of ether oxygens (including phenoxy) is 1. The number of hydrogen-bond acceptors (Lipinski definition) is 3. The molecule has 1 rings (SSSR count). The Labute approximate surface area is 110 Å². The zero-order valence-electron chi connectivity index (χ0n) is 9.41. The third-order valence-corrected chi connectivity index (χ3v) is 3.03. The molecule has 0 spiro atoms. The minimum absolute atomic E-state index is 0.0901. The number of halogens is 1. The van der Waals surface area contributed by atoms with Crippen molar-refractivity contribution in [3.8, 4) is 0 Å². The van der Waals surface area contributed by atoms with E-state index in [0.717, 1.165) is 25.9 Å². The highest BCUT2D eigenvalue weighted by atomic mass is 127. The molecular weight excluding hydrogens is 321 g/mol. The Morgan fingerprint density at radius 2 is 1.69 bits per heavy atom. The van der Waals surface area contributed by atoms with Gasteiger partial charge in [0.15, 0.2) is 0 Å². The Morgan fingerprint density at radius 3 is 2.25 bits per heavy atom. The van der Waals surface area contributed by atoms with Gasteiger partial charge in [0, 0.05) is 19.5 Å². The predicted octanol–water partition coefficient (Wildman–Crippen LogP) is 2.10. The lowest BCUT2D eigenvalue weighted by atomic mass is 10.2. The summed E-state index contributed by atoms with van der Waals surface area (Å²) in [5.41, 5.74) is 0. The lowest BCUT2D eigenvalue weighted by Crippen LogP contribution is -2.32. The SMILES string of the molecule is O=C(CCC(=O)N1CCCCCC1)OCI. The second-order valence-corrected chi connectivity index (χ2v) is 4.54. The number of esters is 1. The van der Waals surface area contributed by atoms with Gasteiger partial charge in [-0.05, 0) is 35.4 Å². The topological polar surface area (TPSA) is 46.6 Å². The van der Waals surface area contributed by atoms with Crippen LogP contribution in [0.4, 0.5) is 0 Å². The van der Waals surface area contributed by atoms with Crippen molar-refractivity contribution in [1.29, 1.82) is 0 Å². The van der Waals surface area contributed by atoms with E-state index in [1.807, 2.05) is 27.5 Å². The van der Waals surface area contributed by atoms with Crippen molar-refractivity contribution in [3.05, 3.63) is 0 Å². The lowest BCUT2D eigenvalue weighted by molar-refractivity contribution is -0.143. The average molecular weight is 339 g/mol. The number of carbonyl (C=O) groups is 2. The first-order chi connectivity index (χ1) is 7.74. The summed E-state index contributed by atoms with van der Waals surface area (Å²) in [6.07, 6.45) is 5.09. The van der Waals surface area contributed by atoms with Crippen LogP contribution in [0.2, 0.25) is 0 Å². The van der Waals surface area contributed by atoms with Crippen molar-refractivity contribution < 1.29 is 14.3 Å². The highest BCUT2D eigenvalue weighted by molar-refractivity contribution is 14.1. The molecule has 1 aliphatic heterocycles. The number of carbonyl (C=O) groups excluding carboxylic acids is 2. The van der Waals surface area contributed by atoms with Crippen molar-refractivity contribution in [2.24, 2.45) is 0 Å². The molecule has 1 aliphatic rings. The smallest absolute Gasteiger partial charge is 0.307 e. The van der Waals surface area contributed by atoms with Gasteiger partial charge in [-0.2, -0.15) is 0 Å². The zero-order valence-corrected chi connectivity index (χ0v) is 11.6. The molecule has 1 saturated heterocycles. The van der Waals surface area contributed by atoms with Crippen LogP contribution < -0.4 is 0 Å². The molecule has 0 unspecified atom stereocenters. The number of hydrogen-bond donors (Lipinski definition) is 0. The lowest BCUT2D eigenvalue weighted by Gasteiger charge is -2.19. The van der Waals surface area contributed by atoms with E-state index in [1.54, 1.807) is 0 Å². The summed E-state index contributed by atoms with van der Waals surface area (Å²) in [4.78, 5) is 24.8. The summed E-state index contributed by atoms with van der Waals surface area (Å²) in [6.45, 7) is 1.69. The molecule has 0 N–H and O–H groups in total. The molecule has 0 radical (unpaired) electrons. The third-order valence-electron chi connectivity index (χ3n) is 2.72. The summed E-state index contributed by atoms with van der Waals surface area (Å²) in [5, 5.41) is 0. The maximum Gasteiger partial charge on any atom is 0.307 e. The molecule has 0 atom stereocenters. The summed E-state index contributed by atoms with van der Waals surface area (Å²) in [6, 6.07) is 0. The fourth-order valence-corrected chi connectivity index (χ4v) is 2.17. The Hall–Kier alpha value is -0.330. The molecule has 0 aromatic rings. The normalized spacial score (nSPS) is 16.7. The van der Waals surface area contributed by atoms with Crippen LogP contribution in [0.25, 0.3) is 0 Å². The number of rotatable bonds is 4. The number of likely N-dealkylation sites (tertiary alicyclic amines) is 1. The quantitative estimate of drug-likeness (QED) is 0.448. The van der Waals surface area contributed by atoms with Crippen LogP contribution in [0.3, 0.4) is 0 Å². The van der Waals surface area contributed by atoms with Gasteiger partial charge in [-0.1, -0.05) is 12.8 Å². The molecule has 1 fully saturated rings. The minimum Gasteiger partial charge on any atom is -0.455 e. The first kappa shape index (κ1) is 13.7. The van der Waals surface area contributed by atoms with E-state index in [4.69, 9.17) is 4.74 Å². The van der Waals surface area contributed by atoms with Crippen molar-refractivity contribution in [2.45, 2.75) is 38.5 Å². The Morgan fingerprint density at radius 1 is 1.06 bits per heavy atom. The summed E-state index contributed by atoms with van der Waals surface area (Å²) >= 11 is 1.97. The summed E-state index contributed by atoms with van der Waals surface area (Å²) in [5.74, 6) is -0.190. The van der Waals surface area contributed by atoms with E-state index >= 15 is 0 Å². The second kappa shape index (κ2) is 7.86. The van der Waals surface area contributed by atoms with E-state index in [-0.39, 0.29) is 24.7 Å². The molecule has 0 aromatic carbocycles. The molecule has 16 heavy (non-hydrogen) atoms. The van der Waals surface area contributed by atoms with E-state index in [2.05, 4.69) is 0 Å². The van der Waals surface area contributed by atoms with Crippen LogP contribution in [0.15, 0.2) is 0 Å². The highest BCUT2D eigenvalue weighted by Gasteiger charge is 2.16. The molecule has 0 saturated carbocycles. The van der Waals surface area contributed by atoms with Crippen molar-refractivity contribution in [1.82, 2.24) is 4.90 Å². The first-order valence-electron chi connectivity index (χ1n) is 5.73. The van der Waals surface area contributed by atoms with Crippen LogP contribution in [0, 0.1) is 0 Å². The fraction of sp³-hybridized carbons (Fsp3) is 0.818. The van der Waals surface area contributed by atoms with Gasteiger partial charge < -0.3 is 9.64 Å². The van der Waals surface area contributed by atoms with Crippen LogP contribution >= 0.6 is 22.6 Å². The highest BCUT2D eigenvalue weighted by Crippen LogP contribution is 2.11.